The smallest absolute Gasteiger partial charge is 0.339 e. The third-order valence-electron chi connectivity index (χ3n) is 3.54. The molecule has 0 bridgehead atoms. The molecule has 0 aliphatic rings. The van der Waals surface area contributed by atoms with Crippen LogP contribution in [0.1, 0.15) is 17.3 Å². The second kappa shape index (κ2) is 8.21. The Kier molecular flexibility index (Phi) is 6.01. The number of amides is 1. The number of nitrogens with zero attached hydrogens (tertiary/aromatic N) is 1. The summed E-state index contributed by atoms with van der Waals surface area (Å²) < 4.78 is 31.4. The molecule has 0 aliphatic carbocycles. The Balaban J connectivity index is 2.09. The maximum absolute atomic E-state index is 13.6. The van der Waals surface area contributed by atoms with Crippen LogP contribution in [0, 0.1) is 21.7 Å². The van der Waals surface area contributed by atoms with E-state index in [4.69, 9.17) is 4.74 Å². The van der Waals surface area contributed by atoms with Crippen LogP contribution in [-0.4, -0.2) is 30.0 Å². The molecule has 8 nitrogen and oxygen atoms in total. The summed E-state index contributed by atoms with van der Waals surface area (Å²) >= 11 is 0. The average Bonchev–Trinajstić information content (AvgIpc) is 2.63. The molecule has 2 aromatic carbocycles. The Morgan fingerprint density at radius 1 is 1.15 bits per heavy atom. The van der Waals surface area contributed by atoms with Crippen molar-refractivity contribution < 1.29 is 28.0 Å². The maximum atomic E-state index is 13.6. The highest BCUT2D eigenvalue weighted by Crippen LogP contribution is 2.25. The average molecular weight is 379 g/mol. The van der Waals surface area contributed by atoms with Gasteiger partial charge in [-0.1, -0.05) is 0 Å². The van der Waals surface area contributed by atoms with Crippen LogP contribution in [0.2, 0.25) is 0 Å². The molecule has 27 heavy (non-hydrogen) atoms. The number of benzene rings is 2. The quantitative estimate of drug-likeness (QED) is 0.453. The number of esters is 1. The third kappa shape index (κ3) is 4.75. The van der Waals surface area contributed by atoms with Crippen LogP contribution in [0.25, 0.3) is 0 Å². The Bertz CT molecular complexity index is 904. The molecule has 2 rings (SSSR count). The second-order valence-corrected chi connectivity index (χ2v) is 5.40. The Morgan fingerprint density at radius 2 is 1.81 bits per heavy atom. The fourth-order valence-electron chi connectivity index (χ4n) is 2.13. The monoisotopic (exact) mass is 379 g/mol. The summed E-state index contributed by atoms with van der Waals surface area (Å²) in [6, 6.07) is 6.21. The van der Waals surface area contributed by atoms with E-state index in [-0.39, 0.29) is 22.6 Å². The normalized spacial score (nSPS) is 11.4. The Labute approximate surface area is 152 Å². The molecule has 1 atom stereocenters. The predicted molar refractivity (Wildman–Crippen MR) is 92.5 cm³/mol. The lowest BCUT2D eigenvalue weighted by Gasteiger charge is -2.14. The van der Waals surface area contributed by atoms with Gasteiger partial charge in [0.2, 0.25) is 0 Å². The van der Waals surface area contributed by atoms with E-state index >= 15 is 0 Å². The molecule has 0 radical (unpaired) electrons. The molecule has 0 saturated carbocycles. The number of carbonyl (C=O) groups excluding carboxylic acids is 2. The number of nitro benzene ring substituents is 1. The van der Waals surface area contributed by atoms with Crippen molar-refractivity contribution in [3.63, 3.8) is 0 Å². The van der Waals surface area contributed by atoms with E-state index in [1.807, 2.05) is 0 Å². The van der Waals surface area contributed by atoms with Crippen molar-refractivity contribution in [1.82, 2.24) is 0 Å². The molecule has 0 fully saturated rings. The minimum absolute atomic E-state index is 0.131. The first-order valence-electron chi connectivity index (χ1n) is 7.66. The van der Waals surface area contributed by atoms with Crippen molar-refractivity contribution in [3.05, 3.63) is 63.7 Å². The van der Waals surface area contributed by atoms with Gasteiger partial charge in [0.25, 0.3) is 11.6 Å². The number of rotatable bonds is 6. The van der Waals surface area contributed by atoms with Crippen LogP contribution in [0.4, 0.5) is 25.8 Å². The van der Waals surface area contributed by atoms with Crippen molar-refractivity contribution in [1.29, 1.82) is 0 Å². The van der Waals surface area contributed by atoms with E-state index in [0.717, 1.165) is 18.2 Å². The number of nitrogens with one attached hydrogen (secondary N) is 2. The molecule has 0 unspecified atom stereocenters. The van der Waals surface area contributed by atoms with E-state index in [2.05, 4.69) is 10.6 Å². The van der Waals surface area contributed by atoms with Crippen LogP contribution in [-0.2, 0) is 9.53 Å². The number of anilines is 2. The van der Waals surface area contributed by atoms with Crippen LogP contribution < -0.4 is 10.6 Å². The lowest BCUT2D eigenvalue weighted by molar-refractivity contribution is -0.384. The van der Waals surface area contributed by atoms with Crippen molar-refractivity contribution in [2.24, 2.45) is 0 Å². The number of nitro groups is 1. The SMILES string of the molecule is CNc1ccc(C(=O)O[C@@H](C)C(=O)Nc2ccc(F)cc2F)cc1[N+](=O)[O-]. The minimum Gasteiger partial charge on any atom is -0.449 e. The molecule has 0 spiro atoms. The van der Waals surface area contributed by atoms with Gasteiger partial charge in [0.1, 0.15) is 17.3 Å². The van der Waals surface area contributed by atoms with Crippen molar-refractivity contribution in [2.75, 3.05) is 17.7 Å². The lowest BCUT2D eigenvalue weighted by atomic mass is 10.1. The van der Waals surface area contributed by atoms with E-state index < -0.39 is 34.5 Å². The van der Waals surface area contributed by atoms with Gasteiger partial charge in [0.15, 0.2) is 6.10 Å². The number of hydrogen-bond acceptors (Lipinski definition) is 6. The molecule has 2 N–H and O–H groups in total. The molecule has 1 amide bonds. The van der Waals surface area contributed by atoms with Gasteiger partial charge in [0.05, 0.1) is 16.2 Å². The van der Waals surface area contributed by atoms with Crippen molar-refractivity contribution in [3.8, 4) is 0 Å². The summed E-state index contributed by atoms with van der Waals surface area (Å²) in [5.74, 6) is -3.62. The molecule has 0 aromatic heterocycles. The van der Waals surface area contributed by atoms with E-state index in [1.54, 1.807) is 0 Å². The van der Waals surface area contributed by atoms with Gasteiger partial charge in [0, 0.05) is 19.2 Å². The van der Waals surface area contributed by atoms with E-state index in [9.17, 15) is 28.5 Å². The van der Waals surface area contributed by atoms with Gasteiger partial charge < -0.3 is 15.4 Å². The van der Waals surface area contributed by atoms with Gasteiger partial charge in [-0.25, -0.2) is 13.6 Å². The van der Waals surface area contributed by atoms with E-state index in [0.29, 0.717) is 6.07 Å². The standard InChI is InChI=1S/C17H15F2N3O5/c1-9(16(23)21-13-6-4-11(18)8-12(13)19)27-17(24)10-3-5-14(20-2)15(7-10)22(25)26/h3-9,20H,1-2H3,(H,21,23)/t9-/m0/s1. The van der Waals surface area contributed by atoms with Crippen LogP contribution in [0.3, 0.4) is 0 Å². The third-order valence-corrected chi connectivity index (χ3v) is 3.54. The van der Waals surface area contributed by atoms with Crippen molar-refractivity contribution in [2.45, 2.75) is 13.0 Å². The second-order valence-electron chi connectivity index (χ2n) is 5.40. The van der Waals surface area contributed by atoms with Crippen LogP contribution >= 0.6 is 0 Å². The molecular weight excluding hydrogens is 364 g/mol. The highest BCUT2D eigenvalue weighted by atomic mass is 19.1. The Morgan fingerprint density at radius 3 is 2.41 bits per heavy atom. The van der Waals surface area contributed by atoms with Crippen LogP contribution in [0.15, 0.2) is 36.4 Å². The van der Waals surface area contributed by atoms with Gasteiger partial charge in [-0.05, 0) is 31.2 Å². The Hall–Kier alpha value is -3.56. The zero-order chi connectivity index (χ0) is 20.1. The molecule has 2 aromatic rings. The van der Waals surface area contributed by atoms with Gasteiger partial charge in [-0.3, -0.25) is 14.9 Å². The number of halogens is 2. The predicted octanol–water partition coefficient (Wildman–Crippen LogP) is 3.10. The van der Waals surface area contributed by atoms with E-state index in [1.165, 1.54) is 26.1 Å². The topological polar surface area (TPSA) is 111 Å². The summed E-state index contributed by atoms with van der Waals surface area (Å²) in [4.78, 5) is 34.5. The summed E-state index contributed by atoms with van der Waals surface area (Å²) in [6.07, 6.45) is -1.33. The zero-order valence-electron chi connectivity index (χ0n) is 14.3. The zero-order valence-corrected chi connectivity index (χ0v) is 14.3. The first-order valence-corrected chi connectivity index (χ1v) is 7.66. The highest BCUT2D eigenvalue weighted by molar-refractivity contribution is 5.97. The molecule has 0 heterocycles. The largest absolute Gasteiger partial charge is 0.449 e. The molecule has 0 aliphatic heterocycles. The summed E-state index contributed by atoms with van der Waals surface area (Å²) in [5, 5.41) is 15.8. The molecular formula is C17H15F2N3O5. The van der Waals surface area contributed by atoms with Crippen LogP contribution in [0.5, 0.6) is 0 Å². The maximum Gasteiger partial charge on any atom is 0.339 e. The first kappa shape index (κ1) is 19.8. The fourth-order valence-corrected chi connectivity index (χ4v) is 2.13. The highest BCUT2D eigenvalue weighted by Gasteiger charge is 2.22. The molecule has 0 saturated heterocycles. The number of ether oxygens (including phenoxy) is 1. The first-order chi connectivity index (χ1) is 12.7. The number of hydrogen-bond donors (Lipinski definition) is 2. The summed E-state index contributed by atoms with van der Waals surface area (Å²) in [6.45, 7) is 1.24. The van der Waals surface area contributed by atoms with Gasteiger partial charge >= 0.3 is 5.97 Å². The fraction of sp³-hybridized carbons (Fsp3) is 0.176. The summed E-state index contributed by atoms with van der Waals surface area (Å²) in [7, 11) is 1.49. The van der Waals surface area contributed by atoms with Gasteiger partial charge in [-0.2, -0.15) is 0 Å². The van der Waals surface area contributed by atoms with Gasteiger partial charge in [-0.15, -0.1) is 0 Å². The minimum atomic E-state index is -1.33. The number of carbonyl (C=O) groups is 2. The summed E-state index contributed by atoms with van der Waals surface area (Å²) in [5.41, 5.74) is -0.543. The molecule has 142 valence electrons. The van der Waals surface area contributed by atoms with Crippen molar-refractivity contribution >= 4 is 28.9 Å². The molecule has 10 heteroatoms. The lowest BCUT2D eigenvalue weighted by Crippen LogP contribution is -2.30.